The number of rotatable bonds is 7. The van der Waals surface area contributed by atoms with Gasteiger partial charge in [-0.05, 0) is 41.8 Å². The molecule has 7 heteroatoms. The molecule has 1 aliphatic carbocycles. The molecular weight excluding hydrogens is 430 g/mol. The minimum atomic E-state index is -1.88. The zero-order chi connectivity index (χ0) is 24.2. The van der Waals surface area contributed by atoms with Crippen LogP contribution < -0.4 is 20.6 Å². The molecule has 0 saturated heterocycles. The largest absolute Gasteiger partial charge is 0.497 e. The second kappa shape index (κ2) is 9.80. The van der Waals surface area contributed by atoms with Gasteiger partial charge in [0.25, 0.3) is 0 Å². The molecule has 0 unspecified atom stereocenters. The fraction of sp³-hybridized carbons (Fsp3) is 0.423. The van der Waals surface area contributed by atoms with E-state index in [4.69, 9.17) is 4.74 Å². The van der Waals surface area contributed by atoms with Gasteiger partial charge in [-0.25, -0.2) is 0 Å². The number of hydrogen-bond donors (Lipinski definition) is 2. The predicted octanol–water partition coefficient (Wildman–Crippen LogP) is 5.28. The smallest absolute Gasteiger partial charge is 0.225 e. The highest BCUT2D eigenvalue weighted by Crippen LogP contribution is 2.41. The molecular formula is C26H33N3O3Si. The molecule has 1 fully saturated rings. The number of hydrogen-bond acceptors (Lipinski definition) is 4. The van der Waals surface area contributed by atoms with Crippen molar-refractivity contribution in [1.82, 2.24) is 0 Å². The molecule has 0 heterocycles. The Hall–Kier alpha value is -3.11. The van der Waals surface area contributed by atoms with E-state index in [0.29, 0.717) is 5.69 Å². The minimum absolute atomic E-state index is 0.160. The number of amides is 2. The minimum Gasteiger partial charge on any atom is -0.497 e. The van der Waals surface area contributed by atoms with E-state index < -0.39 is 13.5 Å². The number of carbonyl (C=O) groups excluding carboxylic acids is 2. The van der Waals surface area contributed by atoms with Gasteiger partial charge < -0.3 is 15.4 Å². The van der Waals surface area contributed by atoms with Gasteiger partial charge in [0.1, 0.15) is 5.75 Å². The second-order valence-corrected chi connectivity index (χ2v) is 14.9. The monoisotopic (exact) mass is 463 g/mol. The first kappa shape index (κ1) is 24.5. The summed E-state index contributed by atoms with van der Waals surface area (Å²) in [5, 5.41) is 16.9. The van der Waals surface area contributed by atoms with Crippen LogP contribution in [0.15, 0.2) is 36.4 Å². The maximum atomic E-state index is 13.3. The highest BCUT2D eigenvalue weighted by molar-refractivity contribution is 6.90. The van der Waals surface area contributed by atoms with Gasteiger partial charge in [0, 0.05) is 24.6 Å². The Morgan fingerprint density at radius 3 is 2.21 bits per heavy atom. The number of nitriles is 1. The molecule has 1 saturated carbocycles. The van der Waals surface area contributed by atoms with Gasteiger partial charge in [-0.3, -0.25) is 9.59 Å². The first-order chi connectivity index (χ1) is 15.6. The number of methoxy groups -OCH3 is 1. The van der Waals surface area contributed by atoms with E-state index in [1.807, 2.05) is 36.4 Å². The Kier molecular flexibility index (Phi) is 7.28. The van der Waals surface area contributed by atoms with Gasteiger partial charge in [-0.2, -0.15) is 5.26 Å². The Bertz CT molecular complexity index is 1080. The fourth-order valence-electron chi connectivity index (χ4n) is 4.58. The quantitative estimate of drug-likeness (QED) is 0.547. The number of anilines is 2. The van der Waals surface area contributed by atoms with Crippen molar-refractivity contribution < 1.29 is 14.3 Å². The SMILES string of the molecule is COc1ccc(-c2c(NC(C)=O)ccc([Si](C)(C)C)c2NC(=O)CC2(C#N)CCCC2)cc1. The zero-order valence-electron chi connectivity index (χ0n) is 20.2. The van der Waals surface area contributed by atoms with Crippen molar-refractivity contribution in [2.24, 2.45) is 5.41 Å². The number of carbonyl (C=O) groups is 2. The van der Waals surface area contributed by atoms with Crippen LogP contribution >= 0.6 is 0 Å². The number of ether oxygens (including phenoxy) is 1. The Morgan fingerprint density at radius 2 is 1.70 bits per heavy atom. The standard InChI is InChI=1S/C26H33N3O3Si/c1-18(30)28-21-12-13-22(33(3,4)5)25(24(21)19-8-10-20(32-2)11-9-19)29-23(31)16-26(17-27)14-6-7-15-26/h8-13H,6-7,14-16H2,1-5H3,(H,28,30)(H,29,31). The van der Waals surface area contributed by atoms with Crippen LogP contribution in [0.1, 0.15) is 39.0 Å². The molecule has 2 N–H and O–H groups in total. The van der Waals surface area contributed by atoms with Crippen LogP contribution in [0.5, 0.6) is 5.75 Å². The molecule has 174 valence electrons. The molecule has 6 nitrogen and oxygen atoms in total. The lowest BCUT2D eigenvalue weighted by Gasteiger charge is -2.27. The lowest BCUT2D eigenvalue weighted by Crippen LogP contribution is -2.41. The summed E-state index contributed by atoms with van der Waals surface area (Å²) < 4.78 is 5.31. The fourth-order valence-corrected chi connectivity index (χ4v) is 6.10. The van der Waals surface area contributed by atoms with Crippen LogP contribution in [0.25, 0.3) is 11.1 Å². The predicted molar refractivity (Wildman–Crippen MR) is 135 cm³/mol. The van der Waals surface area contributed by atoms with Gasteiger partial charge in [-0.1, -0.05) is 50.7 Å². The highest BCUT2D eigenvalue weighted by atomic mass is 28.3. The Labute approximate surface area is 197 Å². The molecule has 0 aromatic heterocycles. The average Bonchev–Trinajstić information content (AvgIpc) is 3.21. The van der Waals surface area contributed by atoms with Gasteiger partial charge in [0.2, 0.25) is 11.8 Å². The van der Waals surface area contributed by atoms with Gasteiger partial charge >= 0.3 is 0 Å². The van der Waals surface area contributed by atoms with Crippen molar-refractivity contribution in [3.8, 4) is 22.9 Å². The topological polar surface area (TPSA) is 91.2 Å². The first-order valence-corrected chi connectivity index (χ1v) is 14.9. The molecule has 0 atom stereocenters. The number of benzene rings is 2. The third-order valence-electron chi connectivity index (χ3n) is 6.26. The summed E-state index contributed by atoms with van der Waals surface area (Å²) in [6, 6.07) is 13.9. The van der Waals surface area contributed by atoms with E-state index in [0.717, 1.165) is 53.4 Å². The summed E-state index contributed by atoms with van der Waals surface area (Å²) in [5.41, 5.74) is 2.42. The van der Waals surface area contributed by atoms with Crippen molar-refractivity contribution in [3.63, 3.8) is 0 Å². The van der Waals surface area contributed by atoms with Crippen LogP contribution in [0.2, 0.25) is 19.6 Å². The Balaban J connectivity index is 2.14. The maximum absolute atomic E-state index is 13.3. The molecule has 33 heavy (non-hydrogen) atoms. The lowest BCUT2D eigenvalue weighted by atomic mass is 9.84. The molecule has 0 aliphatic heterocycles. The van der Waals surface area contributed by atoms with E-state index in [2.05, 4.69) is 36.3 Å². The van der Waals surface area contributed by atoms with Crippen molar-refractivity contribution in [2.45, 2.75) is 58.7 Å². The lowest BCUT2D eigenvalue weighted by molar-refractivity contribution is -0.117. The first-order valence-electron chi connectivity index (χ1n) is 11.4. The Morgan fingerprint density at radius 1 is 1.06 bits per heavy atom. The molecule has 2 aromatic rings. The molecule has 0 radical (unpaired) electrons. The van der Waals surface area contributed by atoms with Gasteiger partial charge in [0.05, 0.1) is 32.4 Å². The normalized spacial score (nSPS) is 14.9. The summed E-state index contributed by atoms with van der Waals surface area (Å²) in [6.45, 7) is 8.14. The summed E-state index contributed by atoms with van der Waals surface area (Å²) in [6.07, 6.45) is 3.66. The second-order valence-electron chi connectivity index (χ2n) is 9.89. The summed E-state index contributed by atoms with van der Waals surface area (Å²) >= 11 is 0. The van der Waals surface area contributed by atoms with E-state index in [9.17, 15) is 14.9 Å². The third-order valence-corrected chi connectivity index (χ3v) is 8.30. The summed E-state index contributed by atoms with van der Waals surface area (Å²) in [7, 11) is -0.264. The number of nitrogens with one attached hydrogen (secondary N) is 2. The number of nitrogens with zero attached hydrogens (tertiary/aromatic N) is 1. The summed E-state index contributed by atoms with van der Waals surface area (Å²) in [5.74, 6) is 0.383. The molecule has 0 bridgehead atoms. The van der Waals surface area contributed by atoms with E-state index in [1.165, 1.54) is 6.92 Å². The zero-order valence-corrected chi connectivity index (χ0v) is 21.2. The van der Waals surface area contributed by atoms with E-state index in [1.54, 1.807) is 7.11 Å². The molecule has 2 aromatic carbocycles. The molecule has 1 aliphatic rings. The molecule has 2 amide bonds. The van der Waals surface area contributed by atoms with Crippen molar-refractivity contribution in [1.29, 1.82) is 5.26 Å². The van der Waals surface area contributed by atoms with E-state index >= 15 is 0 Å². The maximum Gasteiger partial charge on any atom is 0.225 e. The highest BCUT2D eigenvalue weighted by Gasteiger charge is 2.37. The van der Waals surface area contributed by atoms with Crippen molar-refractivity contribution in [3.05, 3.63) is 36.4 Å². The van der Waals surface area contributed by atoms with Crippen LogP contribution in [-0.2, 0) is 9.59 Å². The summed E-state index contributed by atoms with van der Waals surface area (Å²) in [4.78, 5) is 25.3. The van der Waals surface area contributed by atoms with Crippen LogP contribution in [0.4, 0.5) is 11.4 Å². The van der Waals surface area contributed by atoms with Gasteiger partial charge in [0.15, 0.2) is 0 Å². The van der Waals surface area contributed by atoms with E-state index in [-0.39, 0.29) is 18.2 Å². The third kappa shape index (κ3) is 5.63. The average molecular weight is 464 g/mol. The van der Waals surface area contributed by atoms with Crippen LogP contribution in [-0.4, -0.2) is 27.0 Å². The van der Waals surface area contributed by atoms with Crippen molar-refractivity contribution in [2.75, 3.05) is 17.7 Å². The molecule has 0 spiro atoms. The van der Waals surface area contributed by atoms with Gasteiger partial charge in [-0.15, -0.1) is 0 Å². The van der Waals surface area contributed by atoms with Crippen LogP contribution in [0.3, 0.4) is 0 Å². The molecule has 3 rings (SSSR count). The van der Waals surface area contributed by atoms with Crippen LogP contribution in [0, 0.1) is 16.7 Å². The van der Waals surface area contributed by atoms with Crippen molar-refractivity contribution >= 4 is 36.4 Å².